The fourth-order valence-corrected chi connectivity index (χ4v) is 1.60. The topological polar surface area (TPSA) is 71.3 Å². The number of nitrogens with zero attached hydrogens (tertiary/aromatic N) is 1. The molecular weight excluding hydrogens is 208 g/mol. The number of nitrogens with one attached hydrogen (secondary N) is 1. The van der Waals surface area contributed by atoms with Gasteiger partial charge in [-0.1, -0.05) is 0 Å². The van der Waals surface area contributed by atoms with Crippen LogP contribution in [0.3, 0.4) is 0 Å². The number of carbonyl (C=O) groups excluding carboxylic acids is 1. The highest BCUT2D eigenvalue weighted by Crippen LogP contribution is 2.29. The smallest absolute Gasteiger partial charge is 0.240 e. The highest BCUT2D eigenvalue weighted by atomic mass is 16.5. The first-order valence-corrected chi connectivity index (χ1v) is 5.45. The average Bonchev–Trinajstić information content (AvgIpc) is 2.36. The van der Waals surface area contributed by atoms with E-state index in [1.807, 2.05) is 6.92 Å². The Morgan fingerprint density at radius 2 is 2.25 bits per heavy atom. The van der Waals surface area contributed by atoms with Crippen molar-refractivity contribution in [3.8, 4) is 6.07 Å². The number of ether oxygens (including phenoxy) is 2. The van der Waals surface area contributed by atoms with Gasteiger partial charge in [0.25, 0.3) is 0 Å². The fraction of sp³-hybridized carbons (Fsp3) is 0.818. The quantitative estimate of drug-likeness (QED) is 0.756. The van der Waals surface area contributed by atoms with Crippen LogP contribution in [0.2, 0.25) is 0 Å². The van der Waals surface area contributed by atoms with E-state index in [9.17, 15) is 4.79 Å². The van der Waals surface area contributed by atoms with Crippen molar-refractivity contribution < 1.29 is 14.3 Å². The number of carbonyl (C=O) groups is 1. The molecule has 0 bridgehead atoms. The zero-order chi connectivity index (χ0) is 12.0. The Labute approximate surface area is 95.7 Å². The molecule has 1 aliphatic rings. The number of methoxy groups -OCH3 is 1. The van der Waals surface area contributed by atoms with Gasteiger partial charge in [-0.3, -0.25) is 4.79 Å². The molecule has 5 nitrogen and oxygen atoms in total. The molecule has 1 amide bonds. The molecule has 0 radical (unpaired) electrons. The molecule has 0 spiro atoms. The lowest BCUT2D eigenvalue weighted by Crippen LogP contribution is -2.45. The van der Waals surface area contributed by atoms with Gasteiger partial charge in [0.1, 0.15) is 5.41 Å². The fourth-order valence-electron chi connectivity index (χ4n) is 1.60. The van der Waals surface area contributed by atoms with Crippen LogP contribution in [-0.2, 0) is 14.3 Å². The first-order valence-electron chi connectivity index (χ1n) is 5.45. The van der Waals surface area contributed by atoms with E-state index in [2.05, 4.69) is 11.4 Å². The monoisotopic (exact) mass is 226 g/mol. The van der Waals surface area contributed by atoms with E-state index in [4.69, 9.17) is 14.7 Å². The summed E-state index contributed by atoms with van der Waals surface area (Å²) in [4.78, 5) is 11.9. The van der Waals surface area contributed by atoms with Gasteiger partial charge in [0.05, 0.1) is 12.2 Å². The van der Waals surface area contributed by atoms with E-state index in [0.717, 1.165) is 0 Å². The van der Waals surface area contributed by atoms with E-state index >= 15 is 0 Å². The van der Waals surface area contributed by atoms with Crippen molar-refractivity contribution in [2.24, 2.45) is 5.41 Å². The van der Waals surface area contributed by atoms with Crippen LogP contribution in [-0.4, -0.2) is 38.9 Å². The maximum absolute atomic E-state index is 11.9. The van der Waals surface area contributed by atoms with Crippen molar-refractivity contribution in [1.82, 2.24) is 5.32 Å². The number of nitriles is 1. The Hall–Kier alpha value is -1.12. The third-order valence-electron chi connectivity index (χ3n) is 2.95. The first-order chi connectivity index (χ1) is 7.64. The van der Waals surface area contributed by atoms with Crippen molar-refractivity contribution in [3.05, 3.63) is 0 Å². The van der Waals surface area contributed by atoms with E-state index < -0.39 is 5.41 Å². The van der Waals surface area contributed by atoms with Crippen LogP contribution in [0.5, 0.6) is 0 Å². The Kier molecular flexibility index (Phi) is 4.71. The van der Waals surface area contributed by atoms with Gasteiger partial charge in [0, 0.05) is 26.9 Å². The van der Waals surface area contributed by atoms with E-state index in [-0.39, 0.29) is 12.0 Å². The molecule has 0 aromatic carbocycles. The molecule has 1 atom stereocenters. The number of hydrogen-bond acceptors (Lipinski definition) is 4. The Morgan fingerprint density at radius 1 is 1.62 bits per heavy atom. The molecule has 0 aromatic rings. The van der Waals surface area contributed by atoms with Crippen LogP contribution in [0.1, 0.15) is 19.8 Å². The summed E-state index contributed by atoms with van der Waals surface area (Å²) in [6.45, 7) is 3.24. The van der Waals surface area contributed by atoms with Crippen molar-refractivity contribution in [2.45, 2.75) is 25.9 Å². The summed E-state index contributed by atoms with van der Waals surface area (Å²) in [5, 5.41) is 11.9. The van der Waals surface area contributed by atoms with Crippen LogP contribution < -0.4 is 5.32 Å². The van der Waals surface area contributed by atoms with Crippen molar-refractivity contribution in [2.75, 3.05) is 26.9 Å². The summed E-state index contributed by atoms with van der Waals surface area (Å²) < 4.78 is 10.2. The molecular formula is C11H18N2O3. The largest absolute Gasteiger partial charge is 0.381 e. The second-order valence-electron chi connectivity index (χ2n) is 4.06. The third-order valence-corrected chi connectivity index (χ3v) is 2.95. The van der Waals surface area contributed by atoms with Gasteiger partial charge >= 0.3 is 0 Å². The summed E-state index contributed by atoms with van der Waals surface area (Å²) >= 11 is 0. The second-order valence-corrected chi connectivity index (χ2v) is 4.06. The average molecular weight is 226 g/mol. The molecule has 1 heterocycles. The predicted octanol–water partition coefficient (Wildman–Crippen LogP) is 0.458. The van der Waals surface area contributed by atoms with Gasteiger partial charge in [-0.2, -0.15) is 5.26 Å². The molecule has 90 valence electrons. The van der Waals surface area contributed by atoms with Crippen molar-refractivity contribution in [1.29, 1.82) is 5.26 Å². The van der Waals surface area contributed by atoms with Crippen LogP contribution in [0.15, 0.2) is 0 Å². The minimum absolute atomic E-state index is 0.0421. The minimum atomic E-state index is -0.911. The molecule has 1 saturated heterocycles. The summed E-state index contributed by atoms with van der Waals surface area (Å²) in [6.07, 6.45) is 0.896. The van der Waals surface area contributed by atoms with Crippen LogP contribution in [0.4, 0.5) is 0 Å². The zero-order valence-electron chi connectivity index (χ0n) is 9.78. The zero-order valence-corrected chi connectivity index (χ0v) is 9.78. The van der Waals surface area contributed by atoms with Crippen molar-refractivity contribution >= 4 is 5.91 Å². The molecule has 1 unspecified atom stereocenters. The lowest BCUT2D eigenvalue weighted by Gasteiger charge is -2.29. The molecule has 0 aliphatic carbocycles. The highest BCUT2D eigenvalue weighted by Gasteiger charge is 2.40. The van der Waals surface area contributed by atoms with Crippen molar-refractivity contribution in [3.63, 3.8) is 0 Å². The second kappa shape index (κ2) is 5.83. The van der Waals surface area contributed by atoms with Gasteiger partial charge in [-0.15, -0.1) is 0 Å². The normalized spacial score (nSPS) is 20.8. The van der Waals surface area contributed by atoms with E-state index in [1.165, 1.54) is 0 Å². The highest BCUT2D eigenvalue weighted by molar-refractivity contribution is 5.85. The minimum Gasteiger partial charge on any atom is -0.381 e. The summed E-state index contributed by atoms with van der Waals surface area (Å²) in [5.41, 5.74) is -0.911. The molecule has 1 fully saturated rings. The molecule has 0 saturated carbocycles. The van der Waals surface area contributed by atoms with Crippen LogP contribution in [0, 0.1) is 16.7 Å². The standard InChI is InChI=1S/C11H18N2O3/c1-9(15-2)7-13-10(14)11(8-12)3-5-16-6-4-11/h9H,3-7H2,1-2H3,(H,13,14). The SMILES string of the molecule is COC(C)CNC(=O)C1(C#N)CCOCC1. The molecule has 1 N–H and O–H groups in total. The van der Waals surface area contributed by atoms with Crippen LogP contribution in [0.25, 0.3) is 0 Å². The number of amides is 1. The van der Waals surface area contributed by atoms with Gasteiger partial charge in [-0.25, -0.2) is 0 Å². The summed E-state index contributed by atoms with van der Waals surface area (Å²) in [6, 6.07) is 2.13. The summed E-state index contributed by atoms with van der Waals surface area (Å²) in [7, 11) is 1.59. The lowest BCUT2D eigenvalue weighted by molar-refractivity contribution is -0.132. The molecule has 1 rings (SSSR count). The van der Waals surface area contributed by atoms with E-state index in [0.29, 0.717) is 32.6 Å². The van der Waals surface area contributed by atoms with Gasteiger partial charge < -0.3 is 14.8 Å². The Balaban J connectivity index is 2.53. The maximum atomic E-state index is 11.9. The molecule has 16 heavy (non-hydrogen) atoms. The Morgan fingerprint density at radius 3 is 2.75 bits per heavy atom. The molecule has 0 aromatic heterocycles. The van der Waals surface area contributed by atoms with Gasteiger partial charge in [0.2, 0.25) is 5.91 Å². The van der Waals surface area contributed by atoms with E-state index in [1.54, 1.807) is 7.11 Å². The van der Waals surface area contributed by atoms with Crippen LogP contribution >= 0.6 is 0 Å². The molecule has 5 heteroatoms. The Bertz CT molecular complexity index is 279. The number of rotatable bonds is 4. The third kappa shape index (κ3) is 2.94. The van der Waals surface area contributed by atoms with Gasteiger partial charge in [0.15, 0.2) is 0 Å². The van der Waals surface area contributed by atoms with Gasteiger partial charge in [-0.05, 0) is 19.8 Å². The summed E-state index contributed by atoms with van der Waals surface area (Å²) in [5.74, 6) is -0.206. The molecule has 1 aliphatic heterocycles. The number of hydrogen-bond donors (Lipinski definition) is 1. The lowest BCUT2D eigenvalue weighted by atomic mass is 9.81. The first kappa shape index (κ1) is 12.9. The maximum Gasteiger partial charge on any atom is 0.240 e. The predicted molar refractivity (Wildman–Crippen MR) is 57.6 cm³/mol.